The minimum absolute atomic E-state index is 0.0690. The van der Waals surface area contributed by atoms with Gasteiger partial charge < -0.3 is 10.1 Å². The maximum atomic E-state index is 13.0. The third-order valence-electron chi connectivity index (χ3n) is 2.17. The average molecular weight is 234 g/mol. The number of halogens is 1. The number of hydrogen-bond acceptors (Lipinski definition) is 3. The standard InChI is InChI=1S/C13H15FN2O/c1-17-8-7-16-6-2-3-11-4-5-13(14)12(9-11)10-15/h2-5,9,16H,6-8H2,1H3/b3-2+. The van der Waals surface area contributed by atoms with Crippen LogP contribution in [0.3, 0.4) is 0 Å². The van der Waals surface area contributed by atoms with Crippen molar-refractivity contribution in [2.75, 3.05) is 26.8 Å². The van der Waals surface area contributed by atoms with Gasteiger partial charge in [0, 0.05) is 20.2 Å². The molecule has 0 radical (unpaired) electrons. The van der Waals surface area contributed by atoms with Gasteiger partial charge in [-0.05, 0) is 17.7 Å². The summed E-state index contributed by atoms with van der Waals surface area (Å²) in [6, 6.07) is 6.28. The fourth-order valence-corrected chi connectivity index (χ4v) is 1.29. The molecule has 0 unspecified atom stereocenters. The number of nitriles is 1. The highest BCUT2D eigenvalue weighted by Crippen LogP contribution is 2.10. The molecule has 90 valence electrons. The Balaban J connectivity index is 2.46. The zero-order valence-electron chi connectivity index (χ0n) is 9.74. The molecule has 3 nitrogen and oxygen atoms in total. The first kappa shape index (κ1) is 13.4. The Morgan fingerprint density at radius 2 is 2.35 bits per heavy atom. The van der Waals surface area contributed by atoms with Crippen LogP contribution in [0.2, 0.25) is 0 Å². The highest BCUT2D eigenvalue weighted by Gasteiger charge is 1.99. The van der Waals surface area contributed by atoms with Gasteiger partial charge in [-0.25, -0.2) is 4.39 Å². The van der Waals surface area contributed by atoms with E-state index in [1.54, 1.807) is 13.2 Å². The van der Waals surface area contributed by atoms with Gasteiger partial charge in [0.05, 0.1) is 12.2 Å². The molecule has 0 spiro atoms. The van der Waals surface area contributed by atoms with Gasteiger partial charge in [-0.15, -0.1) is 0 Å². The van der Waals surface area contributed by atoms with Gasteiger partial charge >= 0.3 is 0 Å². The van der Waals surface area contributed by atoms with E-state index < -0.39 is 5.82 Å². The molecular formula is C13H15FN2O. The monoisotopic (exact) mass is 234 g/mol. The van der Waals surface area contributed by atoms with E-state index in [9.17, 15) is 4.39 Å². The van der Waals surface area contributed by atoms with Crippen molar-refractivity contribution in [3.63, 3.8) is 0 Å². The molecule has 0 bridgehead atoms. The maximum absolute atomic E-state index is 13.0. The van der Waals surface area contributed by atoms with Gasteiger partial charge in [0.2, 0.25) is 0 Å². The molecule has 0 aliphatic carbocycles. The van der Waals surface area contributed by atoms with Crippen LogP contribution < -0.4 is 5.32 Å². The lowest BCUT2D eigenvalue weighted by atomic mass is 10.1. The van der Waals surface area contributed by atoms with Crippen molar-refractivity contribution < 1.29 is 9.13 Å². The van der Waals surface area contributed by atoms with Gasteiger partial charge in [0.25, 0.3) is 0 Å². The maximum Gasteiger partial charge on any atom is 0.140 e. The van der Waals surface area contributed by atoms with Crippen LogP contribution in [-0.4, -0.2) is 26.8 Å². The lowest BCUT2D eigenvalue weighted by molar-refractivity contribution is 0.200. The molecule has 0 fully saturated rings. The lowest BCUT2D eigenvalue weighted by Gasteiger charge is -1.99. The van der Waals surface area contributed by atoms with E-state index in [0.29, 0.717) is 13.2 Å². The molecule has 17 heavy (non-hydrogen) atoms. The quantitative estimate of drug-likeness (QED) is 0.765. The van der Waals surface area contributed by atoms with Crippen LogP contribution >= 0.6 is 0 Å². The molecule has 0 amide bonds. The van der Waals surface area contributed by atoms with Crippen molar-refractivity contribution in [1.29, 1.82) is 5.26 Å². The fraction of sp³-hybridized carbons (Fsp3) is 0.308. The third kappa shape index (κ3) is 4.77. The molecule has 1 N–H and O–H groups in total. The summed E-state index contributed by atoms with van der Waals surface area (Å²) in [7, 11) is 1.65. The van der Waals surface area contributed by atoms with Crippen molar-refractivity contribution in [2.24, 2.45) is 0 Å². The topological polar surface area (TPSA) is 45.0 Å². The number of nitrogens with zero attached hydrogens (tertiary/aromatic N) is 1. The normalized spacial score (nSPS) is 10.6. The number of methoxy groups -OCH3 is 1. The molecule has 0 aromatic heterocycles. The summed E-state index contributed by atoms with van der Waals surface area (Å²) in [5, 5.41) is 11.8. The minimum atomic E-state index is -0.483. The Morgan fingerprint density at radius 1 is 1.53 bits per heavy atom. The number of benzene rings is 1. The lowest BCUT2D eigenvalue weighted by Crippen LogP contribution is -2.18. The molecule has 1 aromatic rings. The molecule has 0 atom stereocenters. The highest BCUT2D eigenvalue weighted by molar-refractivity contribution is 5.52. The largest absolute Gasteiger partial charge is 0.383 e. The van der Waals surface area contributed by atoms with E-state index in [2.05, 4.69) is 5.32 Å². The molecule has 0 saturated carbocycles. The van der Waals surface area contributed by atoms with Crippen LogP contribution in [0.5, 0.6) is 0 Å². The predicted octanol–water partition coefficient (Wildman–Crippen LogP) is 1.95. The summed E-state index contributed by atoms with van der Waals surface area (Å²) in [6.07, 6.45) is 3.77. The van der Waals surface area contributed by atoms with Crippen LogP contribution in [0.1, 0.15) is 11.1 Å². The number of nitrogens with one attached hydrogen (secondary N) is 1. The first-order chi connectivity index (χ1) is 8.27. The van der Waals surface area contributed by atoms with Gasteiger partial charge in [0.1, 0.15) is 11.9 Å². The summed E-state index contributed by atoms with van der Waals surface area (Å²) in [5.74, 6) is -0.483. The minimum Gasteiger partial charge on any atom is -0.383 e. The zero-order valence-corrected chi connectivity index (χ0v) is 9.74. The van der Waals surface area contributed by atoms with E-state index in [1.807, 2.05) is 18.2 Å². The van der Waals surface area contributed by atoms with E-state index in [-0.39, 0.29) is 5.56 Å². The van der Waals surface area contributed by atoms with Crippen molar-refractivity contribution in [1.82, 2.24) is 5.32 Å². The zero-order chi connectivity index (χ0) is 12.5. The summed E-state index contributed by atoms with van der Waals surface area (Å²) < 4.78 is 17.9. The fourth-order valence-electron chi connectivity index (χ4n) is 1.29. The average Bonchev–Trinajstić information content (AvgIpc) is 2.35. The van der Waals surface area contributed by atoms with E-state index in [4.69, 9.17) is 10.00 Å². The third-order valence-corrected chi connectivity index (χ3v) is 2.17. The van der Waals surface area contributed by atoms with E-state index >= 15 is 0 Å². The molecule has 4 heteroatoms. The second kappa shape index (κ2) is 7.55. The second-order valence-corrected chi connectivity index (χ2v) is 3.45. The van der Waals surface area contributed by atoms with E-state index in [0.717, 1.165) is 12.1 Å². The molecule has 0 heterocycles. The van der Waals surface area contributed by atoms with Crippen LogP contribution in [0.25, 0.3) is 6.08 Å². The summed E-state index contributed by atoms with van der Waals surface area (Å²) in [5.41, 5.74) is 0.885. The number of hydrogen-bond donors (Lipinski definition) is 1. The first-order valence-corrected chi connectivity index (χ1v) is 5.33. The SMILES string of the molecule is COCCNC/C=C/c1ccc(F)c(C#N)c1. The Labute approximate surface area is 101 Å². The second-order valence-electron chi connectivity index (χ2n) is 3.45. The van der Waals surface area contributed by atoms with Gasteiger partial charge in [0.15, 0.2) is 0 Å². The molecular weight excluding hydrogens is 219 g/mol. The predicted molar refractivity (Wildman–Crippen MR) is 64.9 cm³/mol. The summed E-state index contributed by atoms with van der Waals surface area (Å²) in [6.45, 7) is 2.17. The van der Waals surface area contributed by atoms with Crippen LogP contribution in [0.4, 0.5) is 4.39 Å². The smallest absolute Gasteiger partial charge is 0.140 e. The van der Waals surface area contributed by atoms with Crippen molar-refractivity contribution in [2.45, 2.75) is 0 Å². The van der Waals surface area contributed by atoms with Gasteiger partial charge in [-0.3, -0.25) is 0 Å². The number of rotatable bonds is 6. The Morgan fingerprint density at radius 3 is 3.06 bits per heavy atom. The van der Waals surface area contributed by atoms with E-state index in [1.165, 1.54) is 12.1 Å². The Bertz CT molecular complexity index is 424. The van der Waals surface area contributed by atoms with Crippen LogP contribution in [-0.2, 0) is 4.74 Å². The molecule has 0 saturated heterocycles. The molecule has 1 rings (SSSR count). The summed E-state index contributed by atoms with van der Waals surface area (Å²) >= 11 is 0. The number of ether oxygens (including phenoxy) is 1. The van der Waals surface area contributed by atoms with Crippen LogP contribution in [0.15, 0.2) is 24.3 Å². The summed E-state index contributed by atoms with van der Waals surface area (Å²) in [4.78, 5) is 0. The first-order valence-electron chi connectivity index (χ1n) is 5.33. The van der Waals surface area contributed by atoms with Crippen LogP contribution in [0, 0.1) is 17.1 Å². The molecule has 1 aromatic carbocycles. The Hall–Kier alpha value is -1.70. The van der Waals surface area contributed by atoms with Crippen molar-refractivity contribution in [3.8, 4) is 6.07 Å². The van der Waals surface area contributed by atoms with Crippen molar-refractivity contribution in [3.05, 3.63) is 41.2 Å². The molecule has 0 aliphatic heterocycles. The molecule has 0 aliphatic rings. The highest BCUT2D eigenvalue weighted by atomic mass is 19.1. The van der Waals surface area contributed by atoms with Crippen molar-refractivity contribution >= 4 is 6.08 Å². The Kier molecular flexibility index (Phi) is 5.94. The van der Waals surface area contributed by atoms with Gasteiger partial charge in [-0.2, -0.15) is 5.26 Å². The van der Waals surface area contributed by atoms with Gasteiger partial charge in [-0.1, -0.05) is 18.2 Å².